The Hall–Kier alpha value is -1.16. The number of anilines is 1. The molecule has 0 bridgehead atoms. The van der Waals surface area contributed by atoms with Gasteiger partial charge in [-0.15, -0.1) is 0 Å². The van der Waals surface area contributed by atoms with Gasteiger partial charge >= 0.3 is 0 Å². The Bertz CT molecular complexity index is 382. The van der Waals surface area contributed by atoms with E-state index in [1.807, 2.05) is 12.4 Å². The van der Waals surface area contributed by atoms with Gasteiger partial charge in [-0.2, -0.15) is 0 Å². The zero-order valence-electron chi connectivity index (χ0n) is 13.1. The molecule has 0 aliphatic heterocycles. The van der Waals surface area contributed by atoms with Crippen LogP contribution in [-0.4, -0.2) is 34.5 Å². The summed E-state index contributed by atoms with van der Waals surface area (Å²) in [6.45, 7) is 6.17. The molecule has 1 aromatic heterocycles. The van der Waals surface area contributed by atoms with Crippen molar-refractivity contribution < 1.29 is 0 Å². The molecule has 2 rings (SSSR count). The summed E-state index contributed by atoms with van der Waals surface area (Å²) in [4.78, 5) is 11.3. The fourth-order valence-electron chi connectivity index (χ4n) is 3.09. The first-order valence-electron chi connectivity index (χ1n) is 7.98. The molecule has 1 N–H and O–H groups in total. The maximum Gasteiger partial charge on any atom is 0.144 e. The van der Waals surface area contributed by atoms with Crippen molar-refractivity contribution in [2.24, 2.45) is 5.92 Å². The predicted molar refractivity (Wildman–Crippen MR) is 83.7 cm³/mol. The maximum atomic E-state index is 4.50. The van der Waals surface area contributed by atoms with Crippen molar-refractivity contribution in [3.63, 3.8) is 0 Å². The normalized spacial score (nSPS) is 23.0. The molecule has 1 aliphatic carbocycles. The van der Waals surface area contributed by atoms with E-state index in [-0.39, 0.29) is 0 Å². The minimum Gasteiger partial charge on any atom is -0.369 e. The molecule has 1 heterocycles. The van der Waals surface area contributed by atoms with Crippen LogP contribution in [0.5, 0.6) is 0 Å². The van der Waals surface area contributed by atoms with Crippen LogP contribution in [0, 0.1) is 5.92 Å². The summed E-state index contributed by atoms with van der Waals surface area (Å²) in [7, 11) is 2.22. The quantitative estimate of drug-likeness (QED) is 0.865. The molecule has 1 fully saturated rings. The van der Waals surface area contributed by atoms with E-state index < -0.39 is 0 Å². The fraction of sp³-hybridized carbons (Fsp3) is 0.750. The van der Waals surface area contributed by atoms with E-state index in [0.29, 0.717) is 6.04 Å². The molecule has 0 spiro atoms. The van der Waals surface area contributed by atoms with Crippen LogP contribution in [-0.2, 0) is 6.54 Å². The van der Waals surface area contributed by atoms with E-state index in [1.165, 1.54) is 32.1 Å². The van der Waals surface area contributed by atoms with Crippen LogP contribution in [0.15, 0.2) is 12.4 Å². The fourth-order valence-corrected chi connectivity index (χ4v) is 3.09. The van der Waals surface area contributed by atoms with Crippen molar-refractivity contribution >= 4 is 5.82 Å². The van der Waals surface area contributed by atoms with Crippen LogP contribution in [0.1, 0.15) is 51.6 Å². The average molecular weight is 276 g/mol. The first kappa shape index (κ1) is 15.2. The summed E-state index contributed by atoms with van der Waals surface area (Å²) in [6.07, 6.45) is 10.5. The Morgan fingerprint density at radius 3 is 2.45 bits per heavy atom. The second-order valence-corrected chi connectivity index (χ2v) is 5.92. The third-order valence-electron chi connectivity index (χ3n) is 4.49. The lowest BCUT2D eigenvalue weighted by atomic mass is 9.84. The molecule has 0 atom stereocenters. The topological polar surface area (TPSA) is 41.1 Å². The van der Waals surface area contributed by atoms with Crippen LogP contribution in [0.3, 0.4) is 0 Å². The number of hydrogen-bond donors (Lipinski definition) is 1. The molecule has 1 saturated carbocycles. The van der Waals surface area contributed by atoms with Crippen LogP contribution in [0.25, 0.3) is 0 Å². The lowest BCUT2D eigenvalue weighted by molar-refractivity contribution is 0.156. The van der Waals surface area contributed by atoms with Gasteiger partial charge in [0, 0.05) is 19.1 Å². The Balaban J connectivity index is 1.83. The standard InChI is InChI=1S/C16H28N4/c1-4-13-6-8-15(9-7-13)20(3)12-14-10-19-16(11-18-14)17-5-2/h10-11,13,15H,4-9,12H2,1-3H3,(H,17,19). The maximum absolute atomic E-state index is 4.50. The van der Waals surface area contributed by atoms with Gasteiger partial charge in [-0.3, -0.25) is 9.88 Å². The van der Waals surface area contributed by atoms with E-state index >= 15 is 0 Å². The van der Waals surface area contributed by atoms with E-state index in [1.54, 1.807) is 0 Å². The minimum absolute atomic E-state index is 0.716. The molecule has 20 heavy (non-hydrogen) atoms. The summed E-state index contributed by atoms with van der Waals surface area (Å²) in [6, 6.07) is 0.716. The second-order valence-electron chi connectivity index (χ2n) is 5.92. The third kappa shape index (κ3) is 4.17. The Morgan fingerprint density at radius 2 is 1.90 bits per heavy atom. The molecule has 0 radical (unpaired) electrons. The summed E-state index contributed by atoms with van der Waals surface area (Å²) < 4.78 is 0. The summed E-state index contributed by atoms with van der Waals surface area (Å²) in [5, 5.41) is 3.18. The Labute approximate surface area is 123 Å². The van der Waals surface area contributed by atoms with Crippen molar-refractivity contribution in [3.05, 3.63) is 18.1 Å². The van der Waals surface area contributed by atoms with Gasteiger partial charge in [0.05, 0.1) is 18.1 Å². The average Bonchev–Trinajstić information content (AvgIpc) is 2.49. The monoisotopic (exact) mass is 276 g/mol. The lowest BCUT2D eigenvalue weighted by Crippen LogP contribution is -2.34. The molecule has 4 nitrogen and oxygen atoms in total. The number of nitrogens with one attached hydrogen (secondary N) is 1. The summed E-state index contributed by atoms with van der Waals surface area (Å²) >= 11 is 0. The highest BCUT2D eigenvalue weighted by molar-refractivity contribution is 5.30. The van der Waals surface area contributed by atoms with Gasteiger partial charge in [-0.05, 0) is 45.6 Å². The SMILES string of the molecule is CCNc1cnc(CN(C)C2CCC(CC)CC2)cn1. The molecular formula is C16H28N4. The number of hydrogen-bond acceptors (Lipinski definition) is 4. The molecule has 1 aliphatic rings. The van der Waals surface area contributed by atoms with Crippen molar-refractivity contribution in [2.75, 3.05) is 18.9 Å². The van der Waals surface area contributed by atoms with Crippen molar-refractivity contribution in [3.8, 4) is 0 Å². The van der Waals surface area contributed by atoms with Crippen LogP contribution in [0.2, 0.25) is 0 Å². The Morgan fingerprint density at radius 1 is 1.15 bits per heavy atom. The van der Waals surface area contributed by atoms with Gasteiger partial charge < -0.3 is 5.32 Å². The molecular weight excluding hydrogens is 248 g/mol. The zero-order chi connectivity index (χ0) is 14.4. The number of rotatable bonds is 6. The van der Waals surface area contributed by atoms with Crippen molar-refractivity contribution in [2.45, 2.75) is 58.5 Å². The van der Waals surface area contributed by atoms with Gasteiger partial charge in [0.1, 0.15) is 5.82 Å². The van der Waals surface area contributed by atoms with Crippen molar-refractivity contribution in [1.82, 2.24) is 14.9 Å². The summed E-state index contributed by atoms with van der Waals surface area (Å²) in [5.74, 6) is 1.82. The smallest absolute Gasteiger partial charge is 0.144 e. The largest absolute Gasteiger partial charge is 0.369 e. The van der Waals surface area contributed by atoms with Gasteiger partial charge in [-0.1, -0.05) is 13.3 Å². The summed E-state index contributed by atoms with van der Waals surface area (Å²) in [5.41, 5.74) is 1.06. The van der Waals surface area contributed by atoms with Gasteiger partial charge in [0.15, 0.2) is 0 Å². The second kappa shape index (κ2) is 7.58. The van der Waals surface area contributed by atoms with Crippen LogP contribution < -0.4 is 5.32 Å². The van der Waals surface area contributed by atoms with Gasteiger partial charge in [0.2, 0.25) is 0 Å². The van der Waals surface area contributed by atoms with E-state index in [4.69, 9.17) is 0 Å². The zero-order valence-corrected chi connectivity index (χ0v) is 13.1. The number of aromatic nitrogens is 2. The molecule has 4 heteroatoms. The number of nitrogens with zero attached hydrogens (tertiary/aromatic N) is 3. The van der Waals surface area contributed by atoms with E-state index in [2.05, 4.69) is 41.1 Å². The lowest BCUT2D eigenvalue weighted by Gasteiger charge is -2.34. The Kier molecular flexibility index (Phi) is 5.77. The molecule has 0 unspecified atom stereocenters. The first-order valence-corrected chi connectivity index (χ1v) is 7.98. The molecule has 112 valence electrons. The molecule has 0 saturated heterocycles. The predicted octanol–water partition coefficient (Wildman–Crippen LogP) is 3.31. The molecule has 0 amide bonds. The highest BCUT2D eigenvalue weighted by atomic mass is 15.1. The van der Waals surface area contributed by atoms with Crippen LogP contribution in [0.4, 0.5) is 5.82 Å². The third-order valence-corrected chi connectivity index (χ3v) is 4.49. The minimum atomic E-state index is 0.716. The van der Waals surface area contributed by atoms with Crippen LogP contribution >= 0.6 is 0 Å². The highest BCUT2D eigenvalue weighted by Gasteiger charge is 2.23. The van der Waals surface area contributed by atoms with E-state index in [0.717, 1.165) is 30.5 Å². The molecule has 0 aromatic carbocycles. The first-order chi connectivity index (χ1) is 9.72. The highest BCUT2D eigenvalue weighted by Crippen LogP contribution is 2.29. The van der Waals surface area contributed by atoms with Gasteiger partial charge in [0.25, 0.3) is 0 Å². The molecule has 1 aromatic rings. The van der Waals surface area contributed by atoms with E-state index in [9.17, 15) is 0 Å². The van der Waals surface area contributed by atoms with Gasteiger partial charge in [-0.25, -0.2) is 4.98 Å². The van der Waals surface area contributed by atoms with Crippen molar-refractivity contribution in [1.29, 1.82) is 0 Å².